The summed E-state index contributed by atoms with van der Waals surface area (Å²) in [5.74, 6) is -1.88. The van der Waals surface area contributed by atoms with Crippen LogP contribution in [0.1, 0.15) is 82.1 Å². The van der Waals surface area contributed by atoms with Crippen molar-refractivity contribution in [2.24, 2.45) is 0 Å². The number of nitrogens with one attached hydrogen (secondary N) is 3. The molecule has 2 fully saturated rings. The number of likely N-dealkylation sites (N-methyl/N-ethyl adjacent to an activating group) is 1. The number of hydrogen-bond donors (Lipinski definition) is 3. The number of aromatic nitrogens is 5. The number of fused-ring (bicyclic) bond motifs is 2. The van der Waals surface area contributed by atoms with Gasteiger partial charge in [-0.3, -0.25) is 38.5 Å². The van der Waals surface area contributed by atoms with E-state index < -0.39 is 39.3 Å². The third kappa shape index (κ3) is 7.64. The second-order valence-electron chi connectivity index (χ2n) is 15.5. The largest absolute Gasteiger partial charge is 0.352 e. The smallest absolute Gasteiger partial charge is 0.262 e. The Morgan fingerprint density at radius 2 is 1.80 bits per heavy atom. The van der Waals surface area contributed by atoms with Crippen LogP contribution < -0.4 is 10.6 Å². The molecule has 6 heterocycles. The number of nitrogens with zero attached hydrogens (tertiary/aromatic N) is 8. The van der Waals surface area contributed by atoms with Gasteiger partial charge in [0.2, 0.25) is 21.9 Å². The first kappa shape index (κ1) is 41.0. The summed E-state index contributed by atoms with van der Waals surface area (Å²) in [4.78, 5) is 79.0. The second kappa shape index (κ2) is 16.3. The lowest BCUT2D eigenvalue weighted by Crippen LogP contribution is -2.64. The number of rotatable bonds is 15. The van der Waals surface area contributed by atoms with E-state index in [1.807, 2.05) is 12.1 Å². The standard InChI is InChI=1S/C42H43N11O7S/c1-3-61(59,60)51-24-42(25-51,18-19-43)52-23-28(22-46-52)35-31-17-21-44-36(31)49-41(48-35)47-29-13-11-27(12-14-29)37(55)45-20-6-4-5-8-26-9-7-10-30-34(26)40(58)53(38(30)56)32-15-16-33(54)50(2)39(32)57/h7,9-14,17,21-23,32H,3-6,8,15-16,18,20,24-25H2,1-2H3,(H,45,55)(H2,44,47,48,49). The van der Waals surface area contributed by atoms with E-state index in [4.69, 9.17) is 4.98 Å². The summed E-state index contributed by atoms with van der Waals surface area (Å²) < 4.78 is 27.9. The molecule has 0 bridgehead atoms. The predicted octanol–water partition coefficient (Wildman–Crippen LogP) is 3.73. The number of hydrogen-bond acceptors (Lipinski definition) is 12. The van der Waals surface area contributed by atoms with Crippen molar-refractivity contribution in [1.82, 2.24) is 44.2 Å². The topological polar surface area (TPSA) is 236 Å². The lowest BCUT2D eigenvalue weighted by Gasteiger charge is -2.47. The number of aryl methyl sites for hydroxylation is 1. The summed E-state index contributed by atoms with van der Waals surface area (Å²) in [6, 6.07) is 15.1. The second-order valence-corrected chi connectivity index (χ2v) is 17.7. The maximum Gasteiger partial charge on any atom is 0.262 e. The molecule has 61 heavy (non-hydrogen) atoms. The lowest BCUT2D eigenvalue weighted by molar-refractivity contribution is -0.149. The molecule has 314 valence electrons. The van der Waals surface area contributed by atoms with Crippen LogP contribution >= 0.6 is 0 Å². The molecule has 3 N–H and O–H groups in total. The van der Waals surface area contributed by atoms with Crippen LogP contribution in [0.2, 0.25) is 0 Å². The summed E-state index contributed by atoms with van der Waals surface area (Å²) >= 11 is 0. The van der Waals surface area contributed by atoms with Gasteiger partial charge in [-0.1, -0.05) is 18.6 Å². The molecule has 5 amide bonds. The number of nitriles is 1. The number of likely N-dealkylation sites (tertiary alicyclic amines) is 1. The number of unbranched alkanes of at least 4 members (excludes halogenated alkanes) is 2. The van der Waals surface area contributed by atoms with Gasteiger partial charge in [0.15, 0.2) is 0 Å². The molecule has 0 radical (unpaired) electrons. The Hall–Kier alpha value is -6.78. The van der Waals surface area contributed by atoms with Gasteiger partial charge in [-0.2, -0.15) is 19.6 Å². The Labute approximate surface area is 351 Å². The van der Waals surface area contributed by atoms with Crippen molar-refractivity contribution in [3.8, 4) is 17.3 Å². The van der Waals surface area contributed by atoms with Crippen molar-refractivity contribution in [1.29, 1.82) is 5.26 Å². The number of imide groups is 2. The highest BCUT2D eigenvalue weighted by Gasteiger charge is 2.50. The van der Waals surface area contributed by atoms with Crippen LogP contribution in [0.15, 0.2) is 67.1 Å². The first-order valence-electron chi connectivity index (χ1n) is 20.0. The van der Waals surface area contributed by atoms with E-state index in [1.54, 1.807) is 66.6 Å². The minimum atomic E-state index is -3.40. The molecule has 3 aliphatic rings. The highest BCUT2D eigenvalue weighted by molar-refractivity contribution is 7.89. The van der Waals surface area contributed by atoms with E-state index in [9.17, 15) is 37.7 Å². The normalized spacial score (nSPS) is 17.7. The third-order valence-corrected chi connectivity index (χ3v) is 13.4. The summed E-state index contributed by atoms with van der Waals surface area (Å²) in [6.45, 7) is 2.34. The average molecular weight is 846 g/mol. The molecule has 0 aliphatic carbocycles. The maximum absolute atomic E-state index is 13.5. The first-order chi connectivity index (χ1) is 29.3. The zero-order valence-electron chi connectivity index (χ0n) is 33.6. The molecular weight excluding hydrogens is 803 g/mol. The number of aromatic amines is 1. The van der Waals surface area contributed by atoms with Gasteiger partial charge >= 0.3 is 0 Å². The van der Waals surface area contributed by atoms with Gasteiger partial charge in [0.25, 0.3) is 23.6 Å². The molecule has 2 aromatic carbocycles. The quantitative estimate of drug-likeness (QED) is 0.101. The van der Waals surface area contributed by atoms with E-state index in [2.05, 4.69) is 31.8 Å². The number of sulfonamides is 1. The number of piperidine rings is 1. The van der Waals surface area contributed by atoms with Crippen LogP contribution in [-0.4, -0.2) is 115 Å². The Morgan fingerprint density at radius 3 is 2.56 bits per heavy atom. The highest BCUT2D eigenvalue weighted by Crippen LogP contribution is 2.37. The molecule has 1 unspecified atom stereocenters. The number of H-pyrrole nitrogens is 1. The molecule has 3 aliphatic heterocycles. The fraction of sp³-hybridized carbons (Fsp3) is 0.357. The molecule has 19 heteroatoms. The molecule has 0 saturated carbocycles. The van der Waals surface area contributed by atoms with Crippen LogP contribution in [0.25, 0.3) is 22.3 Å². The van der Waals surface area contributed by atoms with Gasteiger partial charge in [-0.25, -0.2) is 13.4 Å². The van der Waals surface area contributed by atoms with Crippen molar-refractivity contribution in [3.05, 3.63) is 89.4 Å². The minimum absolute atomic E-state index is 0.0195. The fourth-order valence-corrected chi connectivity index (χ4v) is 9.39. The van der Waals surface area contributed by atoms with E-state index in [0.29, 0.717) is 65.5 Å². The van der Waals surface area contributed by atoms with Gasteiger partial charge in [0, 0.05) is 67.7 Å². The molecule has 5 aromatic rings. The number of carbonyl (C=O) groups excluding carboxylic acids is 5. The van der Waals surface area contributed by atoms with Crippen LogP contribution in [-0.2, 0) is 31.6 Å². The van der Waals surface area contributed by atoms with Crippen LogP contribution in [0, 0.1) is 11.3 Å². The monoisotopic (exact) mass is 845 g/mol. The van der Waals surface area contributed by atoms with E-state index in [1.165, 1.54) is 11.4 Å². The molecule has 1 atom stereocenters. The highest BCUT2D eigenvalue weighted by atomic mass is 32.2. The average Bonchev–Trinajstić information content (AvgIpc) is 3.99. The van der Waals surface area contributed by atoms with Gasteiger partial charge < -0.3 is 15.6 Å². The summed E-state index contributed by atoms with van der Waals surface area (Å²) in [5, 5.41) is 21.0. The van der Waals surface area contributed by atoms with Crippen molar-refractivity contribution in [3.63, 3.8) is 0 Å². The van der Waals surface area contributed by atoms with Crippen molar-refractivity contribution >= 4 is 62.2 Å². The van der Waals surface area contributed by atoms with Crippen LogP contribution in [0.5, 0.6) is 0 Å². The fourth-order valence-electron chi connectivity index (χ4n) is 8.15. The Balaban J connectivity index is 0.842. The number of amides is 5. The van der Waals surface area contributed by atoms with Crippen molar-refractivity contribution in [2.45, 2.75) is 63.5 Å². The summed E-state index contributed by atoms with van der Waals surface area (Å²) in [6.07, 6.45) is 8.15. The lowest BCUT2D eigenvalue weighted by atomic mass is 9.89. The van der Waals surface area contributed by atoms with Gasteiger partial charge in [0.05, 0.1) is 41.3 Å². The Kier molecular flexibility index (Phi) is 11.0. The molecule has 3 aromatic heterocycles. The first-order valence-corrected chi connectivity index (χ1v) is 21.7. The number of benzene rings is 2. The zero-order chi connectivity index (χ0) is 43.1. The van der Waals surface area contributed by atoms with Crippen LogP contribution in [0.4, 0.5) is 11.6 Å². The third-order valence-electron chi connectivity index (χ3n) is 11.6. The van der Waals surface area contributed by atoms with Crippen LogP contribution in [0.3, 0.4) is 0 Å². The van der Waals surface area contributed by atoms with Gasteiger partial charge in [-0.15, -0.1) is 0 Å². The van der Waals surface area contributed by atoms with Gasteiger partial charge in [0.1, 0.15) is 17.2 Å². The van der Waals surface area contributed by atoms with Crippen molar-refractivity contribution < 1.29 is 32.4 Å². The molecule has 18 nitrogen and oxygen atoms in total. The van der Waals surface area contributed by atoms with Gasteiger partial charge in [-0.05, 0) is 74.6 Å². The van der Waals surface area contributed by atoms with E-state index in [0.717, 1.165) is 27.2 Å². The Morgan fingerprint density at radius 1 is 1.02 bits per heavy atom. The molecule has 0 spiro atoms. The molecule has 2 saturated heterocycles. The number of carbonyl (C=O) groups is 5. The zero-order valence-corrected chi connectivity index (χ0v) is 34.4. The number of anilines is 2. The summed E-state index contributed by atoms with van der Waals surface area (Å²) in [5.41, 5.74) is 3.47. The minimum Gasteiger partial charge on any atom is -0.352 e. The molecular formula is C42H43N11O7S. The van der Waals surface area contributed by atoms with E-state index in [-0.39, 0.29) is 55.5 Å². The predicted molar refractivity (Wildman–Crippen MR) is 222 cm³/mol. The van der Waals surface area contributed by atoms with E-state index >= 15 is 0 Å². The SMILES string of the molecule is CCS(=O)(=O)N1CC(CC#N)(n2cc(-c3nc(Nc4ccc(C(=O)NCCCCCc5cccc6c5C(=O)N(C5CCC(=O)N(C)C5=O)C6=O)cc4)nc4[nH]ccc34)cn2)C1. The maximum atomic E-state index is 13.5. The molecule has 8 rings (SSSR count). The Bertz CT molecular complexity index is 2730. The summed E-state index contributed by atoms with van der Waals surface area (Å²) in [7, 11) is -2.03. The van der Waals surface area contributed by atoms with Crippen molar-refractivity contribution in [2.75, 3.05) is 37.8 Å².